The van der Waals surface area contributed by atoms with Gasteiger partial charge in [-0.1, -0.05) is 48.0 Å². The van der Waals surface area contributed by atoms with Crippen LogP contribution in [0.25, 0.3) is 0 Å². The Morgan fingerprint density at radius 3 is 2.58 bits per heavy atom. The molecular weight excluding hydrogens is 485 g/mol. The van der Waals surface area contributed by atoms with Crippen LogP contribution in [0.5, 0.6) is 11.5 Å². The number of hydrogen-bond donors (Lipinski definition) is 2. The van der Waals surface area contributed by atoms with Gasteiger partial charge in [0.2, 0.25) is 0 Å². The molecule has 0 spiro atoms. The summed E-state index contributed by atoms with van der Waals surface area (Å²) in [5, 5.41) is 13.9. The summed E-state index contributed by atoms with van der Waals surface area (Å²) in [4.78, 5) is 0. The molecule has 7 heteroatoms. The van der Waals surface area contributed by atoms with E-state index in [0.717, 1.165) is 15.6 Å². The summed E-state index contributed by atoms with van der Waals surface area (Å²) < 4.78 is 25.7. The van der Waals surface area contributed by atoms with Gasteiger partial charge < -0.3 is 19.9 Å². The number of benzene rings is 3. The Bertz CT molecular complexity index is 1000. The van der Waals surface area contributed by atoms with Crippen LogP contribution in [-0.4, -0.2) is 18.3 Å². The van der Waals surface area contributed by atoms with Crippen LogP contribution in [0.15, 0.2) is 65.1 Å². The van der Waals surface area contributed by atoms with Crippen molar-refractivity contribution in [2.24, 2.45) is 0 Å². The zero-order valence-corrected chi connectivity index (χ0v) is 19.4. The lowest BCUT2D eigenvalue weighted by Crippen LogP contribution is -2.21. The third-order valence-corrected chi connectivity index (χ3v) is 5.55. The van der Waals surface area contributed by atoms with Gasteiger partial charge in [0.15, 0.2) is 11.5 Å². The molecule has 0 heterocycles. The van der Waals surface area contributed by atoms with Crippen LogP contribution >= 0.6 is 27.5 Å². The number of aliphatic hydroxyl groups is 1. The fourth-order valence-electron chi connectivity index (χ4n) is 3.06. The Labute approximate surface area is 195 Å². The molecule has 0 aliphatic heterocycles. The Morgan fingerprint density at radius 2 is 1.87 bits per heavy atom. The van der Waals surface area contributed by atoms with Crippen LogP contribution < -0.4 is 14.8 Å². The van der Waals surface area contributed by atoms with Crippen LogP contribution in [0.2, 0.25) is 5.02 Å². The van der Waals surface area contributed by atoms with E-state index in [2.05, 4.69) is 21.2 Å². The van der Waals surface area contributed by atoms with Crippen molar-refractivity contribution in [1.82, 2.24) is 5.32 Å². The lowest BCUT2D eigenvalue weighted by Gasteiger charge is -2.17. The molecule has 0 bridgehead atoms. The van der Waals surface area contributed by atoms with Crippen molar-refractivity contribution in [1.29, 1.82) is 0 Å². The van der Waals surface area contributed by atoms with E-state index in [-0.39, 0.29) is 12.4 Å². The van der Waals surface area contributed by atoms with Gasteiger partial charge in [0.1, 0.15) is 12.4 Å². The van der Waals surface area contributed by atoms with Gasteiger partial charge in [-0.05, 0) is 58.2 Å². The van der Waals surface area contributed by atoms with Gasteiger partial charge in [-0.3, -0.25) is 0 Å². The second kappa shape index (κ2) is 11.5. The highest BCUT2D eigenvalue weighted by Gasteiger charge is 2.14. The second-order valence-corrected chi connectivity index (χ2v) is 8.18. The first-order valence-electron chi connectivity index (χ1n) is 9.93. The smallest absolute Gasteiger partial charge is 0.175 e. The SMILES string of the molecule is CCOc1cc(CNC[C@@H](O)c2ccccc2)cc(Br)c1OCc1ccc(F)cc1Cl. The van der Waals surface area contributed by atoms with Crippen LogP contribution in [0.3, 0.4) is 0 Å². The molecule has 4 nitrogen and oxygen atoms in total. The molecule has 3 aromatic rings. The number of aliphatic hydroxyl groups excluding tert-OH is 1. The summed E-state index contributed by atoms with van der Waals surface area (Å²) in [6.07, 6.45) is -0.584. The molecule has 0 aromatic heterocycles. The maximum absolute atomic E-state index is 13.3. The van der Waals surface area contributed by atoms with Gasteiger partial charge in [-0.25, -0.2) is 4.39 Å². The zero-order valence-electron chi connectivity index (χ0n) is 17.1. The van der Waals surface area contributed by atoms with Crippen LogP contribution in [0, 0.1) is 5.82 Å². The maximum Gasteiger partial charge on any atom is 0.175 e. The number of hydrogen-bond acceptors (Lipinski definition) is 4. The largest absolute Gasteiger partial charge is 0.490 e. The first-order valence-corrected chi connectivity index (χ1v) is 11.1. The fraction of sp³-hybridized carbons (Fsp3) is 0.250. The minimum absolute atomic E-state index is 0.179. The molecule has 0 radical (unpaired) electrons. The number of rotatable bonds is 10. The van der Waals surface area contributed by atoms with Crippen LogP contribution in [0.1, 0.15) is 29.7 Å². The Morgan fingerprint density at radius 1 is 1.10 bits per heavy atom. The van der Waals surface area contributed by atoms with E-state index < -0.39 is 6.10 Å². The normalized spacial score (nSPS) is 11.9. The highest BCUT2D eigenvalue weighted by atomic mass is 79.9. The lowest BCUT2D eigenvalue weighted by atomic mass is 10.1. The predicted octanol–water partition coefficient (Wildman–Crippen LogP) is 6.04. The summed E-state index contributed by atoms with van der Waals surface area (Å²) >= 11 is 9.65. The Hall–Kier alpha value is -2.12. The number of nitrogens with one attached hydrogen (secondary N) is 1. The Balaban J connectivity index is 1.66. The topological polar surface area (TPSA) is 50.7 Å². The van der Waals surface area contributed by atoms with Crippen molar-refractivity contribution < 1.29 is 19.0 Å². The van der Waals surface area contributed by atoms with Crippen molar-refractivity contribution in [2.45, 2.75) is 26.2 Å². The summed E-state index contributed by atoms with van der Waals surface area (Å²) in [6, 6.07) is 17.6. The van der Waals surface area contributed by atoms with Gasteiger partial charge >= 0.3 is 0 Å². The molecule has 3 rings (SSSR count). The van der Waals surface area contributed by atoms with Crippen molar-refractivity contribution in [3.05, 3.63) is 92.7 Å². The standard InChI is InChI=1S/C24H24BrClFNO3/c1-2-30-23-11-16(13-28-14-22(29)17-6-4-3-5-7-17)10-20(25)24(23)31-15-18-8-9-19(27)12-21(18)26/h3-12,22,28-29H,2,13-15H2,1H3/t22-/m1/s1. The van der Waals surface area contributed by atoms with Crippen LogP contribution in [-0.2, 0) is 13.2 Å². The van der Waals surface area contributed by atoms with Gasteiger partial charge in [-0.15, -0.1) is 0 Å². The molecule has 0 saturated carbocycles. The molecule has 3 aromatic carbocycles. The van der Waals surface area contributed by atoms with Crippen molar-refractivity contribution in [3.63, 3.8) is 0 Å². The highest BCUT2D eigenvalue weighted by Crippen LogP contribution is 2.38. The zero-order chi connectivity index (χ0) is 22.2. The lowest BCUT2D eigenvalue weighted by molar-refractivity contribution is 0.174. The Kier molecular flexibility index (Phi) is 8.72. The van der Waals surface area contributed by atoms with E-state index in [1.807, 2.05) is 49.4 Å². The molecule has 0 unspecified atom stereocenters. The average Bonchev–Trinajstić information content (AvgIpc) is 2.75. The summed E-state index contributed by atoms with van der Waals surface area (Å²) in [5.74, 6) is 0.755. The van der Waals surface area contributed by atoms with Gasteiger partial charge in [0.25, 0.3) is 0 Å². The first-order chi connectivity index (χ1) is 15.0. The molecule has 164 valence electrons. The summed E-state index contributed by atoms with van der Waals surface area (Å²) in [6.45, 7) is 3.53. The minimum Gasteiger partial charge on any atom is -0.490 e. The third kappa shape index (κ3) is 6.68. The summed E-state index contributed by atoms with van der Waals surface area (Å²) in [7, 11) is 0. The van der Waals surface area contributed by atoms with E-state index >= 15 is 0 Å². The molecule has 1 atom stereocenters. The second-order valence-electron chi connectivity index (χ2n) is 6.92. The van der Waals surface area contributed by atoms with Gasteiger partial charge in [0.05, 0.1) is 22.2 Å². The molecule has 0 amide bonds. The first kappa shape index (κ1) is 23.5. The fourth-order valence-corrected chi connectivity index (χ4v) is 3.89. The minimum atomic E-state index is -0.584. The van der Waals surface area contributed by atoms with Gasteiger partial charge in [0, 0.05) is 18.7 Å². The predicted molar refractivity (Wildman–Crippen MR) is 124 cm³/mol. The molecule has 0 aliphatic rings. The maximum atomic E-state index is 13.3. The third-order valence-electron chi connectivity index (χ3n) is 4.61. The molecule has 0 aliphatic carbocycles. The molecule has 0 saturated heterocycles. The van der Waals surface area contributed by atoms with Crippen molar-refractivity contribution >= 4 is 27.5 Å². The van der Waals surface area contributed by atoms with Gasteiger partial charge in [-0.2, -0.15) is 0 Å². The molecule has 0 fully saturated rings. The monoisotopic (exact) mass is 507 g/mol. The van der Waals surface area contributed by atoms with Crippen LogP contribution in [0.4, 0.5) is 4.39 Å². The highest BCUT2D eigenvalue weighted by molar-refractivity contribution is 9.10. The number of ether oxygens (including phenoxy) is 2. The average molecular weight is 509 g/mol. The quantitative estimate of drug-likeness (QED) is 0.350. The number of halogens is 3. The molecule has 2 N–H and O–H groups in total. The van der Waals surface area contributed by atoms with Crippen molar-refractivity contribution in [2.75, 3.05) is 13.2 Å². The van der Waals surface area contributed by atoms with E-state index in [0.29, 0.717) is 41.8 Å². The van der Waals surface area contributed by atoms with E-state index in [1.54, 1.807) is 6.07 Å². The molecular formula is C24H24BrClFNO3. The van der Waals surface area contributed by atoms with E-state index in [4.69, 9.17) is 21.1 Å². The van der Waals surface area contributed by atoms with E-state index in [9.17, 15) is 9.50 Å². The summed E-state index contributed by atoms with van der Waals surface area (Å²) in [5.41, 5.74) is 2.52. The van der Waals surface area contributed by atoms with Crippen molar-refractivity contribution in [3.8, 4) is 11.5 Å². The molecule has 31 heavy (non-hydrogen) atoms. The van der Waals surface area contributed by atoms with E-state index in [1.165, 1.54) is 12.1 Å².